The molecule has 2 heterocycles. The average molecular weight is 261 g/mol. The highest BCUT2D eigenvalue weighted by Crippen LogP contribution is 2.25. The molecule has 0 saturated carbocycles. The molecule has 2 N–H and O–H groups in total. The van der Waals surface area contributed by atoms with Gasteiger partial charge in [0.05, 0.1) is 30.8 Å². The smallest absolute Gasteiger partial charge is 0.340 e. The van der Waals surface area contributed by atoms with Gasteiger partial charge in [-0.25, -0.2) is 4.79 Å². The number of nitrogens with two attached hydrogens (primary N) is 1. The van der Waals surface area contributed by atoms with Crippen molar-refractivity contribution < 1.29 is 14.3 Å². The number of nitrogen functional groups attached to an aromatic ring is 1. The largest absolute Gasteiger partial charge is 0.465 e. The van der Waals surface area contributed by atoms with Gasteiger partial charge < -0.3 is 15.2 Å². The van der Waals surface area contributed by atoms with Gasteiger partial charge in [0, 0.05) is 23.9 Å². The van der Waals surface area contributed by atoms with E-state index in [1.54, 1.807) is 12.1 Å². The molecule has 1 aromatic carbocycles. The zero-order chi connectivity index (χ0) is 13.4. The molecule has 0 spiro atoms. The molecule has 1 atom stereocenters. The molecule has 6 heteroatoms. The second kappa shape index (κ2) is 4.55. The number of carbonyl (C=O) groups is 1. The van der Waals surface area contributed by atoms with E-state index in [2.05, 4.69) is 5.10 Å². The van der Waals surface area contributed by atoms with Crippen LogP contribution in [0.25, 0.3) is 10.9 Å². The topological polar surface area (TPSA) is 79.4 Å². The van der Waals surface area contributed by atoms with Crippen LogP contribution in [0.1, 0.15) is 22.8 Å². The van der Waals surface area contributed by atoms with Gasteiger partial charge in [-0.3, -0.25) is 4.68 Å². The Labute approximate surface area is 110 Å². The fourth-order valence-electron chi connectivity index (χ4n) is 2.31. The van der Waals surface area contributed by atoms with E-state index in [-0.39, 0.29) is 6.04 Å². The highest BCUT2D eigenvalue weighted by molar-refractivity contribution is 6.00. The minimum Gasteiger partial charge on any atom is -0.465 e. The summed E-state index contributed by atoms with van der Waals surface area (Å²) >= 11 is 0. The molecule has 100 valence electrons. The van der Waals surface area contributed by atoms with Gasteiger partial charge in [-0.15, -0.1) is 0 Å². The number of aromatic nitrogens is 2. The Hall–Kier alpha value is -2.08. The average Bonchev–Trinajstić information content (AvgIpc) is 3.04. The van der Waals surface area contributed by atoms with Crippen LogP contribution in [0.15, 0.2) is 18.3 Å². The number of esters is 1. The quantitative estimate of drug-likeness (QED) is 0.652. The Balaban J connectivity index is 2.05. The lowest BCUT2D eigenvalue weighted by atomic mass is 10.1. The van der Waals surface area contributed by atoms with Crippen molar-refractivity contribution in [3.05, 3.63) is 23.9 Å². The third-order valence-corrected chi connectivity index (χ3v) is 3.38. The normalized spacial score (nSPS) is 18.9. The van der Waals surface area contributed by atoms with Gasteiger partial charge in [0.2, 0.25) is 0 Å². The summed E-state index contributed by atoms with van der Waals surface area (Å²) < 4.78 is 11.9. The number of hydrogen-bond acceptors (Lipinski definition) is 5. The van der Waals surface area contributed by atoms with E-state index in [9.17, 15) is 4.79 Å². The van der Waals surface area contributed by atoms with Crippen LogP contribution in [0.3, 0.4) is 0 Å². The highest BCUT2D eigenvalue weighted by Gasteiger charge is 2.20. The van der Waals surface area contributed by atoms with E-state index in [4.69, 9.17) is 15.2 Å². The van der Waals surface area contributed by atoms with Gasteiger partial charge in [0.25, 0.3) is 0 Å². The minimum atomic E-state index is -0.446. The Morgan fingerprint density at radius 1 is 1.58 bits per heavy atom. The summed E-state index contributed by atoms with van der Waals surface area (Å²) in [4.78, 5) is 11.6. The van der Waals surface area contributed by atoms with Crippen LogP contribution in [-0.4, -0.2) is 36.1 Å². The number of anilines is 1. The van der Waals surface area contributed by atoms with E-state index in [0.29, 0.717) is 17.9 Å². The van der Waals surface area contributed by atoms with Crippen molar-refractivity contribution >= 4 is 22.6 Å². The Kier molecular flexibility index (Phi) is 2.87. The first-order valence-electron chi connectivity index (χ1n) is 6.13. The Morgan fingerprint density at radius 3 is 3.11 bits per heavy atom. The minimum absolute atomic E-state index is 0.259. The third kappa shape index (κ3) is 2.04. The first-order valence-corrected chi connectivity index (χ1v) is 6.13. The van der Waals surface area contributed by atoms with Crippen LogP contribution in [-0.2, 0) is 9.47 Å². The standard InChI is InChI=1S/C13H15N3O3/c1-18-13(17)10-5-12-8(4-11(10)14)6-16(15-12)9-2-3-19-7-9/h4-6,9H,2-3,7,14H2,1H3/t9-/m1/s1. The maximum absolute atomic E-state index is 11.6. The number of fused-ring (bicyclic) bond motifs is 1. The number of hydrogen-bond donors (Lipinski definition) is 1. The van der Waals surface area contributed by atoms with Crippen LogP contribution in [0, 0.1) is 0 Å². The second-order valence-corrected chi connectivity index (χ2v) is 4.62. The zero-order valence-corrected chi connectivity index (χ0v) is 10.6. The van der Waals surface area contributed by atoms with Crippen molar-refractivity contribution in [1.29, 1.82) is 0 Å². The number of rotatable bonds is 2. The summed E-state index contributed by atoms with van der Waals surface area (Å²) in [6.45, 7) is 1.43. The summed E-state index contributed by atoms with van der Waals surface area (Å²) in [6, 6.07) is 3.68. The summed E-state index contributed by atoms with van der Waals surface area (Å²) in [5.74, 6) is -0.446. The maximum Gasteiger partial charge on any atom is 0.340 e. The molecule has 1 aliphatic rings. The van der Waals surface area contributed by atoms with Crippen LogP contribution >= 0.6 is 0 Å². The molecule has 1 aliphatic heterocycles. The van der Waals surface area contributed by atoms with Crippen LogP contribution in [0.2, 0.25) is 0 Å². The number of methoxy groups -OCH3 is 1. The van der Waals surface area contributed by atoms with Crippen molar-refractivity contribution in [2.75, 3.05) is 26.1 Å². The summed E-state index contributed by atoms with van der Waals surface area (Å²) in [5.41, 5.74) is 7.35. The van der Waals surface area contributed by atoms with Gasteiger partial charge in [0.1, 0.15) is 0 Å². The van der Waals surface area contributed by atoms with Gasteiger partial charge in [-0.1, -0.05) is 0 Å². The molecule has 0 radical (unpaired) electrons. The predicted molar refractivity (Wildman–Crippen MR) is 70.0 cm³/mol. The van der Waals surface area contributed by atoms with Crippen molar-refractivity contribution in [2.45, 2.75) is 12.5 Å². The molecular weight excluding hydrogens is 246 g/mol. The van der Waals surface area contributed by atoms with E-state index >= 15 is 0 Å². The maximum atomic E-state index is 11.6. The Morgan fingerprint density at radius 2 is 2.42 bits per heavy atom. The molecule has 1 fully saturated rings. The van der Waals surface area contributed by atoms with Crippen molar-refractivity contribution in [3.63, 3.8) is 0 Å². The van der Waals surface area contributed by atoms with E-state index in [1.165, 1.54) is 7.11 Å². The summed E-state index contributed by atoms with van der Waals surface area (Å²) in [7, 11) is 1.33. The lowest BCUT2D eigenvalue weighted by molar-refractivity contribution is 0.0602. The Bertz CT molecular complexity index is 629. The van der Waals surface area contributed by atoms with Crippen LogP contribution < -0.4 is 5.73 Å². The molecular formula is C13H15N3O3. The molecule has 1 saturated heterocycles. The molecule has 0 bridgehead atoms. The van der Waals surface area contributed by atoms with Gasteiger partial charge in [-0.05, 0) is 18.6 Å². The summed E-state index contributed by atoms with van der Waals surface area (Å²) in [5, 5.41) is 5.40. The predicted octanol–water partition coefficient (Wildman–Crippen LogP) is 1.37. The van der Waals surface area contributed by atoms with E-state index in [1.807, 2.05) is 10.9 Å². The molecule has 19 heavy (non-hydrogen) atoms. The second-order valence-electron chi connectivity index (χ2n) is 4.62. The lowest BCUT2D eigenvalue weighted by Crippen LogP contribution is -2.08. The number of nitrogens with zero attached hydrogens (tertiary/aromatic N) is 2. The molecule has 6 nitrogen and oxygen atoms in total. The van der Waals surface area contributed by atoms with Gasteiger partial charge >= 0.3 is 5.97 Å². The summed E-state index contributed by atoms with van der Waals surface area (Å²) in [6.07, 6.45) is 2.89. The van der Waals surface area contributed by atoms with Gasteiger partial charge in [-0.2, -0.15) is 5.10 Å². The number of benzene rings is 1. The van der Waals surface area contributed by atoms with Crippen molar-refractivity contribution in [2.24, 2.45) is 0 Å². The van der Waals surface area contributed by atoms with E-state index in [0.717, 1.165) is 23.9 Å². The zero-order valence-electron chi connectivity index (χ0n) is 10.6. The first kappa shape index (κ1) is 12.0. The lowest BCUT2D eigenvalue weighted by Gasteiger charge is -2.06. The van der Waals surface area contributed by atoms with Crippen molar-refractivity contribution in [3.8, 4) is 0 Å². The van der Waals surface area contributed by atoms with Gasteiger partial charge in [0.15, 0.2) is 0 Å². The molecule has 1 aromatic heterocycles. The fraction of sp³-hybridized carbons (Fsp3) is 0.385. The first-order chi connectivity index (χ1) is 9.19. The third-order valence-electron chi connectivity index (χ3n) is 3.38. The van der Waals surface area contributed by atoms with Crippen LogP contribution in [0.5, 0.6) is 0 Å². The SMILES string of the molecule is COC(=O)c1cc2nn([C@@H]3CCOC3)cc2cc1N. The number of ether oxygens (including phenoxy) is 2. The van der Waals surface area contributed by atoms with Crippen LogP contribution in [0.4, 0.5) is 5.69 Å². The van der Waals surface area contributed by atoms with Crippen molar-refractivity contribution in [1.82, 2.24) is 9.78 Å². The molecule has 2 aromatic rings. The van der Waals surface area contributed by atoms with E-state index < -0.39 is 5.97 Å². The molecule has 0 amide bonds. The molecule has 0 aliphatic carbocycles. The molecule has 3 rings (SSSR count). The number of carbonyl (C=O) groups excluding carboxylic acids is 1. The molecule has 0 unspecified atom stereocenters. The highest BCUT2D eigenvalue weighted by atomic mass is 16.5. The fourth-order valence-corrected chi connectivity index (χ4v) is 2.31. The monoisotopic (exact) mass is 261 g/mol.